The number of ether oxygens (including phenoxy) is 6. The van der Waals surface area contributed by atoms with E-state index in [0.29, 0.717) is 51.6 Å². The van der Waals surface area contributed by atoms with E-state index in [-0.39, 0.29) is 58.8 Å². The number of hydrogen-bond acceptors (Lipinski definition) is 17. The van der Waals surface area contributed by atoms with Gasteiger partial charge in [-0.2, -0.15) is 0 Å². The van der Waals surface area contributed by atoms with Crippen molar-refractivity contribution in [3.05, 3.63) is 29.8 Å². The molecule has 0 aromatic heterocycles. The minimum Gasteiger partial charge on any atom is -0.491 e. The summed E-state index contributed by atoms with van der Waals surface area (Å²) in [6, 6.07) is 3.37. The minimum absolute atomic E-state index is 0.109. The normalized spacial score (nSPS) is 17.9. The number of nitrogens with zero attached hydrogens (tertiary/aromatic N) is 4. The zero-order chi connectivity index (χ0) is 40.6. The van der Waals surface area contributed by atoms with Crippen molar-refractivity contribution in [3.8, 4) is 5.75 Å². The molecule has 4 atom stereocenters. The standard InChI is InChI=1S/C37H62N4O14/c1-5-53-21-22-54-23-24-55-29-11-9-28(10-12-29)7-6-8-30(34(45)46)38-13-15-39(31(25-42)35(47)50-2)17-19-41(33(27-44)37(49)52-4)20-18-40(16-14-38)32(26-43)36(48)51-3/h9-12,30-33,42-44H,5-8,13-27H2,1-4H3,(H,45,46)/t30-,31-,32?,33-/m1/s1. The van der Waals surface area contributed by atoms with Gasteiger partial charge in [0.2, 0.25) is 0 Å². The van der Waals surface area contributed by atoms with Crippen LogP contribution in [0.3, 0.4) is 0 Å². The number of carbonyl (C=O) groups is 4. The number of aliphatic carboxylic acids is 1. The molecule has 314 valence electrons. The topological polar surface area (TPSA) is 218 Å². The molecule has 18 heteroatoms. The molecule has 0 saturated carbocycles. The summed E-state index contributed by atoms with van der Waals surface area (Å²) in [7, 11) is 3.60. The van der Waals surface area contributed by atoms with Gasteiger partial charge in [0.1, 0.15) is 36.5 Å². The second-order valence-corrected chi connectivity index (χ2v) is 12.9. The summed E-state index contributed by atoms with van der Waals surface area (Å²) in [4.78, 5) is 57.8. The third-order valence-corrected chi connectivity index (χ3v) is 9.62. The highest BCUT2D eigenvalue weighted by Gasteiger charge is 2.35. The molecule has 0 amide bonds. The maximum Gasteiger partial charge on any atom is 0.325 e. The van der Waals surface area contributed by atoms with E-state index >= 15 is 0 Å². The van der Waals surface area contributed by atoms with Crippen molar-refractivity contribution in [1.29, 1.82) is 0 Å². The second-order valence-electron chi connectivity index (χ2n) is 12.9. The average Bonchev–Trinajstić information content (AvgIpc) is 3.19. The van der Waals surface area contributed by atoms with Crippen molar-refractivity contribution < 1.29 is 68.0 Å². The Labute approximate surface area is 323 Å². The number of aliphatic hydroxyl groups is 3. The molecule has 1 saturated heterocycles. The number of benzene rings is 1. The molecular formula is C37H62N4O14. The molecule has 2 rings (SSSR count). The third-order valence-electron chi connectivity index (χ3n) is 9.62. The molecule has 1 aliphatic rings. The molecule has 1 aliphatic heterocycles. The van der Waals surface area contributed by atoms with Gasteiger partial charge in [0.05, 0.1) is 61.0 Å². The number of aliphatic hydroxyl groups excluding tert-OH is 3. The number of methoxy groups -OCH3 is 3. The highest BCUT2D eigenvalue weighted by atomic mass is 16.5. The molecule has 55 heavy (non-hydrogen) atoms. The Morgan fingerprint density at radius 1 is 0.600 bits per heavy atom. The van der Waals surface area contributed by atoms with Crippen LogP contribution in [0.2, 0.25) is 0 Å². The van der Waals surface area contributed by atoms with Gasteiger partial charge >= 0.3 is 23.9 Å². The zero-order valence-electron chi connectivity index (χ0n) is 32.7. The lowest BCUT2D eigenvalue weighted by molar-refractivity contribution is -0.153. The summed E-state index contributed by atoms with van der Waals surface area (Å²) >= 11 is 0. The summed E-state index contributed by atoms with van der Waals surface area (Å²) < 4.78 is 31.3. The highest BCUT2D eigenvalue weighted by molar-refractivity contribution is 5.77. The first-order valence-electron chi connectivity index (χ1n) is 18.7. The van der Waals surface area contributed by atoms with Gasteiger partial charge in [-0.25, -0.2) is 0 Å². The van der Waals surface area contributed by atoms with Gasteiger partial charge < -0.3 is 48.8 Å². The van der Waals surface area contributed by atoms with Crippen molar-refractivity contribution in [2.24, 2.45) is 0 Å². The highest BCUT2D eigenvalue weighted by Crippen LogP contribution is 2.18. The van der Waals surface area contributed by atoms with Crippen LogP contribution < -0.4 is 4.74 Å². The SMILES string of the molecule is CCOCCOCCOc1ccc(CCC[C@H](C(=O)O)N2CCN(C(CO)C(=O)OC)CCN([C@H](CO)C(=O)OC)CCN([C@H](CO)C(=O)OC)CC2)cc1. The molecule has 0 aliphatic carbocycles. The zero-order valence-corrected chi connectivity index (χ0v) is 32.7. The molecule has 0 spiro atoms. The lowest BCUT2D eigenvalue weighted by Gasteiger charge is -2.39. The number of aryl methyl sites for hydroxylation is 1. The monoisotopic (exact) mass is 786 g/mol. The first-order valence-corrected chi connectivity index (χ1v) is 18.7. The lowest BCUT2D eigenvalue weighted by Crippen LogP contribution is -2.57. The van der Waals surface area contributed by atoms with Crippen LogP contribution in [0.1, 0.15) is 25.3 Å². The Morgan fingerprint density at radius 2 is 0.982 bits per heavy atom. The van der Waals surface area contributed by atoms with E-state index in [4.69, 9.17) is 28.4 Å². The molecule has 4 N–H and O–H groups in total. The van der Waals surface area contributed by atoms with Crippen LogP contribution >= 0.6 is 0 Å². The average molecular weight is 787 g/mol. The van der Waals surface area contributed by atoms with E-state index in [1.807, 2.05) is 31.2 Å². The molecule has 1 aromatic carbocycles. The fraction of sp³-hybridized carbons (Fsp3) is 0.730. The number of hydrogen-bond donors (Lipinski definition) is 4. The molecular weight excluding hydrogens is 724 g/mol. The van der Waals surface area contributed by atoms with Crippen molar-refractivity contribution in [2.75, 3.05) is 127 Å². The van der Waals surface area contributed by atoms with Crippen molar-refractivity contribution in [1.82, 2.24) is 19.6 Å². The summed E-state index contributed by atoms with van der Waals surface area (Å²) in [5.74, 6) is -2.43. The van der Waals surface area contributed by atoms with Crippen LogP contribution in [-0.2, 0) is 49.3 Å². The number of esters is 3. The van der Waals surface area contributed by atoms with Crippen LogP contribution in [0.25, 0.3) is 0 Å². The van der Waals surface area contributed by atoms with E-state index in [1.165, 1.54) is 21.3 Å². The Kier molecular flexibility index (Phi) is 23.6. The quantitative estimate of drug-likeness (QED) is 0.0577. The number of carbonyl (C=O) groups excluding carboxylic acids is 3. The smallest absolute Gasteiger partial charge is 0.325 e. The van der Waals surface area contributed by atoms with E-state index in [1.54, 1.807) is 19.6 Å². The van der Waals surface area contributed by atoms with E-state index in [2.05, 4.69) is 0 Å². The van der Waals surface area contributed by atoms with Crippen molar-refractivity contribution in [2.45, 2.75) is 50.4 Å². The first-order chi connectivity index (χ1) is 26.6. The van der Waals surface area contributed by atoms with Crippen LogP contribution in [0.15, 0.2) is 24.3 Å². The summed E-state index contributed by atoms with van der Waals surface area (Å²) in [5.41, 5.74) is 1.00. The van der Waals surface area contributed by atoms with Crippen molar-refractivity contribution >= 4 is 23.9 Å². The van der Waals surface area contributed by atoms with E-state index in [9.17, 15) is 39.6 Å². The summed E-state index contributed by atoms with van der Waals surface area (Å²) in [6.07, 6.45) is 1.41. The van der Waals surface area contributed by atoms with Crippen LogP contribution in [0, 0.1) is 0 Å². The molecule has 0 radical (unpaired) electrons. The third kappa shape index (κ3) is 16.3. The molecule has 1 heterocycles. The predicted molar refractivity (Wildman–Crippen MR) is 199 cm³/mol. The van der Waals surface area contributed by atoms with Gasteiger partial charge in [0.15, 0.2) is 0 Å². The Balaban J connectivity index is 2.29. The minimum atomic E-state index is -1.08. The van der Waals surface area contributed by atoms with Crippen LogP contribution in [0.4, 0.5) is 0 Å². The number of rotatable bonds is 23. The summed E-state index contributed by atoms with van der Waals surface area (Å²) in [5, 5.41) is 41.1. The van der Waals surface area contributed by atoms with Gasteiger partial charge in [-0.05, 0) is 43.9 Å². The summed E-state index contributed by atoms with van der Waals surface area (Å²) in [6.45, 7) is 3.66. The van der Waals surface area contributed by atoms with Gasteiger partial charge in [0, 0.05) is 59.0 Å². The molecule has 0 bridgehead atoms. The maximum atomic E-state index is 12.9. The first kappa shape index (κ1) is 47.7. The Hall–Kier alpha value is -3.46. The maximum absolute atomic E-state index is 12.9. The van der Waals surface area contributed by atoms with Gasteiger partial charge in [-0.15, -0.1) is 0 Å². The van der Waals surface area contributed by atoms with Gasteiger partial charge in [-0.3, -0.25) is 38.8 Å². The fourth-order valence-corrected chi connectivity index (χ4v) is 6.44. The van der Waals surface area contributed by atoms with E-state index < -0.39 is 67.9 Å². The molecule has 1 aromatic rings. The Bertz CT molecular complexity index is 1220. The largest absolute Gasteiger partial charge is 0.491 e. The second kappa shape index (κ2) is 27.2. The number of carboxylic acid groups (broad SMARTS) is 1. The van der Waals surface area contributed by atoms with Crippen LogP contribution in [0.5, 0.6) is 5.75 Å². The Morgan fingerprint density at radius 3 is 1.35 bits per heavy atom. The van der Waals surface area contributed by atoms with Gasteiger partial charge in [0.25, 0.3) is 0 Å². The van der Waals surface area contributed by atoms with Crippen LogP contribution in [-0.4, -0.2) is 215 Å². The molecule has 1 fully saturated rings. The van der Waals surface area contributed by atoms with Gasteiger partial charge in [-0.1, -0.05) is 12.1 Å². The number of carboxylic acids is 1. The molecule has 18 nitrogen and oxygen atoms in total. The predicted octanol–water partition coefficient (Wildman–Crippen LogP) is -1.28. The molecule has 1 unspecified atom stereocenters. The lowest BCUT2D eigenvalue weighted by atomic mass is 10.0. The van der Waals surface area contributed by atoms with E-state index in [0.717, 1.165) is 5.56 Å². The van der Waals surface area contributed by atoms with Crippen molar-refractivity contribution in [3.63, 3.8) is 0 Å². The fourth-order valence-electron chi connectivity index (χ4n) is 6.44.